The quantitative estimate of drug-likeness (QED) is 0.854. The molecule has 1 aliphatic carbocycles. The lowest BCUT2D eigenvalue weighted by Gasteiger charge is -2.27. The number of carboxylic acids is 1. The highest BCUT2D eigenvalue weighted by Gasteiger charge is 2.34. The summed E-state index contributed by atoms with van der Waals surface area (Å²) in [7, 11) is 0. The Morgan fingerprint density at radius 1 is 1.30 bits per heavy atom. The molecule has 1 saturated carbocycles. The van der Waals surface area contributed by atoms with E-state index in [0.717, 1.165) is 19.3 Å². The molecule has 1 aromatic heterocycles. The fourth-order valence-electron chi connectivity index (χ4n) is 2.93. The van der Waals surface area contributed by atoms with E-state index in [2.05, 4.69) is 0 Å². The SMILES string of the molecule is O=C(O)CN(C(=O)CCC(=O)N1CCc2sccc2C1)C1CC1. The monoisotopic (exact) mass is 336 g/mol. The topological polar surface area (TPSA) is 77.9 Å². The zero-order valence-electron chi connectivity index (χ0n) is 12.9. The van der Waals surface area contributed by atoms with Crippen LogP contribution in [-0.2, 0) is 27.3 Å². The molecule has 6 nitrogen and oxygen atoms in total. The molecule has 1 aromatic rings. The molecule has 7 heteroatoms. The normalized spacial score (nSPS) is 16.8. The van der Waals surface area contributed by atoms with Gasteiger partial charge in [0.15, 0.2) is 0 Å². The predicted octanol–water partition coefficient (Wildman–Crippen LogP) is 1.49. The molecule has 0 radical (unpaired) electrons. The molecule has 3 rings (SSSR count). The van der Waals surface area contributed by atoms with Crippen LogP contribution < -0.4 is 0 Å². The first kappa shape index (κ1) is 16.0. The van der Waals surface area contributed by atoms with Crippen molar-refractivity contribution in [3.8, 4) is 0 Å². The molecular weight excluding hydrogens is 316 g/mol. The van der Waals surface area contributed by atoms with E-state index in [1.165, 1.54) is 15.3 Å². The number of hydrogen-bond donors (Lipinski definition) is 1. The summed E-state index contributed by atoms with van der Waals surface area (Å²) in [5, 5.41) is 10.9. The lowest BCUT2D eigenvalue weighted by Crippen LogP contribution is -2.39. The van der Waals surface area contributed by atoms with E-state index in [0.29, 0.717) is 13.1 Å². The van der Waals surface area contributed by atoms with Crippen LogP contribution in [-0.4, -0.2) is 51.8 Å². The van der Waals surface area contributed by atoms with Crippen molar-refractivity contribution < 1.29 is 19.5 Å². The Morgan fingerprint density at radius 2 is 2.09 bits per heavy atom. The zero-order chi connectivity index (χ0) is 16.4. The summed E-state index contributed by atoms with van der Waals surface area (Å²) >= 11 is 1.72. The fourth-order valence-corrected chi connectivity index (χ4v) is 3.82. The van der Waals surface area contributed by atoms with Gasteiger partial charge in [-0.25, -0.2) is 0 Å². The van der Waals surface area contributed by atoms with Gasteiger partial charge in [0.05, 0.1) is 0 Å². The number of amides is 2. The van der Waals surface area contributed by atoms with Crippen molar-refractivity contribution >= 4 is 29.1 Å². The number of hydrogen-bond acceptors (Lipinski definition) is 4. The molecule has 124 valence electrons. The summed E-state index contributed by atoms with van der Waals surface area (Å²) in [6.07, 6.45) is 2.84. The van der Waals surface area contributed by atoms with Crippen molar-refractivity contribution in [3.05, 3.63) is 21.9 Å². The molecule has 0 unspecified atom stereocenters. The highest BCUT2D eigenvalue weighted by Crippen LogP contribution is 2.28. The van der Waals surface area contributed by atoms with Gasteiger partial charge in [-0.3, -0.25) is 14.4 Å². The molecule has 1 aliphatic heterocycles. The van der Waals surface area contributed by atoms with E-state index >= 15 is 0 Å². The molecule has 0 spiro atoms. The van der Waals surface area contributed by atoms with Crippen LogP contribution in [0.25, 0.3) is 0 Å². The van der Waals surface area contributed by atoms with E-state index in [-0.39, 0.29) is 37.2 Å². The zero-order valence-corrected chi connectivity index (χ0v) is 13.7. The Kier molecular flexibility index (Phi) is 4.66. The Labute approximate surface area is 138 Å². The molecule has 23 heavy (non-hydrogen) atoms. The molecule has 1 N–H and O–H groups in total. The number of carboxylic acid groups (broad SMARTS) is 1. The van der Waals surface area contributed by atoms with E-state index < -0.39 is 5.97 Å². The Morgan fingerprint density at radius 3 is 2.78 bits per heavy atom. The number of nitrogens with zero attached hydrogens (tertiary/aromatic N) is 2. The van der Waals surface area contributed by atoms with E-state index in [9.17, 15) is 14.4 Å². The first-order chi connectivity index (χ1) is 11.0. The average molecular weight is 336 g/mol. The lowest BCUT2D eigenvalue weighted by molar-refractivity contribution is -0.145. The molecule has 1 fully saturated rings. The smallest absolute Gasteiger partial charge is 0.323 e. The maximum Gasteiger partial charge on any atom is 0.323 e. The number of rotatable bonds is 6. The van der Waals surface area contributed by atoms with Crippen molar-refractivity contribution in [3.63, 3.8) is 0 Å². The largest absolute Gasteiger partial charge is 0.480 e. The maximum atomic E-state index is 12.3. The van der Waals surface area contributed by atoms with Gasteiger partial charge in [-0.05, 0) is 36.3 Å². The van der Waals surface area contributed by atoms with Gasteiger partial charge < -0.3 is 14.9 Å². The second-order valence-electron chi connectivity index (χ2n) is 6.08. The molecule has 2 heterocycles. The van der Waals surface area contributed by atoms with Crippen molar-refractivity contribution in [2.24, 2.45) is 0 Å². The van der Waals surface area contributed by atoms with Crippen LogP contribution in [0.1, 0.15) is 36.1 Å². The molecule has 2 aliphatic rings. The number of carbonyl (C=O) groups is 3. The fraction of sp³-hybridized carbons (Fsp3) is 0.562. The second kappa shape index (κ2) is 6.70. The summed E-state index contributed by atoms with van der Waals surface area (Å²) in [4.78, 5) is 39.9. The van der Waals surface area contributed by atoms with Gasteiger partial charge in [0.25, 0.3) is 0 Å². The van der Waals surface area contributed by atoms with Crippen LogP contribution >= 0.6 is 11.3 Å². The van der Waals surface area contributed by atoms with Gasteiger partial charge in [-0.2, -0.15) is 0 Å². The Bertz CT molecular complexity index is 623. The third-order valence-electron chi connectivity index (χ3n) is 4.33. The number of aliphatic carboxylic acids is 1. The summed E-state index contributed by atoms with van der Waals surface area (Å²) in [6, 6.07) is 2.10. The second-order valence-corrected chi connectivity index (χ2v) is 7.08. The van der Waals surface area contributed by atoms with Crippen molar-refractivity contribution in [2.75, 3.05) is 13.1 Å². The maximum absolute atomic E-state index is 12.3. The van der Waals surface area contributed by atoms with E-state index in [4.69, 9.17) is 5.11 Å². The van der Waals surface area contributed by atoms with Crippen LogP contribution in [0.3, 0.4) is 0 Å². The van der Waals surface area contributed by atoms with Gasteiger partial charge in [0, 0.05) is 36.9 Å². The van der Waals surface area contributed by atoms with Gasteiger partial charge >= 0.3 is 5.97 Å². The van der Waals surface area contributed by atoms with Crippen LogP contribution in [0.2, 0.25) is 0 Å². The molecular formula is C16H20N2O4S. The first-order valence-corrected chi connectivity index (χ1v) is 8.77. The van der Waals surface area contributed by atoms with Gasteiger partial charge in [-0.1, -0.05) is 0 Å². The number of fused-ring (bicyclic) bond motifs is 1. The molecule has 0 atom stereocenters. The minimum Gasteiger partial charge on any atom is -0.480 e. The van der Waals surface area contributed by atoms with Gasteiger partial charge in [0.2, 0.25) is 11.8 Å². The number of carbonyl (C=O) groups excluding carboxylic acids is 2. The highest BCUT2D eigenvalue weighted by atomic mass is 32.1. The first-order valence-electron chi connectivity index (χ1n) is 7.89. The lowest BCUT2D eigenvalue weighted by atomic mass is 10.1. The van der Waals surface area contributed by atoms with Crippen molar-refractivity contribution in [1.82, 2.24) is 9.80 Å². The molecule has 0 bridgehead atoms. The molecule has 0 aromatic carbocycles. The van der Waals surface area contributed by atoms with Crippen molar-refractivity contribution in [1.29, 1.82) is 0 Å². The average Bonchev–Trinajstić information content (AvgIpc) is 3.26. The third-order valence-corrected chi connectivity index (χ3v) is 5.35. The Balaban J connectivity index is 1.50. The summed E-state index contributed by atoms with van der Waals surface area (Å²) in [5.74, 6) is -1.25. The van der Waals surface area contributed by atoms with Crippen LogP contribution in [0.15, 0.2) is 11.4 Å². The van der Waals surface area contributed by atoms with Crippen LogP contribution in [0.5, 0.6) is 0 Å². The van der Waals surface area contributed by atoms with Gasteiger partial charge in [-0.15, -0.1) is 11.3 Å². The minimum atomic E-state index is -1.00. The predicted molar refractivity (Wildman–Crippen MR) is 85.0 cm³/mol. The molecule has 2 amide bonds. The van der Waals surface area contributed by atoms with E-state index in [1.54, 1.807) is 16.2 Å². The standard InChI is InChI=1S/C16H20N2O4S/c19-14(17-7-5-13-11(9-17)6-8-23-13)3-4-15(20)18(10-16(21)22)12-1-2-12/h6,8,12H,1-5,7,9-10H2,(H,21,22). The van der Waals surface area contributed by atoms with Crippen LogP contribution in [0, 0.1) is 0 Å². The van der Waals surface area contributed by atoms with Gasteiger partial charge in [0.1, 0.15) is 6.54 Å². The van der Waals surface area contributed by atoms with Crippen molar-refractivity contribution in [2.45, 2.75) is 44.7 Å². The summed E-state index contributed by atoms with van der Waals surface area (Å²) < 4.78 is 0. The highest BCUT2D eigenvalue weighted by molar-refractivity contribution is 7.10. The minimum absolute atomic E-state index is 0.0266. The number of thiophene rings is 1. The summed E-state index contributed by atoms with van der Waals surface area (Å²) in [5.41, 5.74) is 1.20. The molecule has 0 saturated heterocycles. The summed E-state index contributed by atoms with van der Waals surface area (Å²) in [6.45, 7) is 1.05. The van der Waals surface area contributed by atoms with E-state index in [1.807, 2.05) is 11.4 Å². The third kappa shape index (κ3) is 3.90. The Hall–Kier alpha value is -1.89. The van der Waals surface area contributed by atoms with Crippen LogP contribution in [0.4, 0.5) is 0 Å².